The van der Waals surface area contributed by atoms with Crippen LogP contribution in [0.15, 0.2) is 6.07 Å². The minimum Gasteiger partial charge on any atom is -0.392 e. The van der Waals surface area contributed by atoms with Gasteiger partial charge in [-0.05, 0) is 33.5 Å². The van der Waals surface area contributed by atoms with E-state index in [-0.39, 0.29) is 6.10 Å². The molecule has 1 aromatic heterocycles. The fourth-order valence-corrected chi connectivity index (χ4v) is 2.86. The first-order valence-electron chi connectivity index (χ1n) is 6.51. The van der Waals surface area contributed by atoms with Crippen molar-refractivity contribution in [1.82, 2.24) is 19.8 Å². The van der Waals surface area contributed by atoms with Crippen LogP contribution in [0.25, 0.3) is 0 Å². The van der Waals surface area contributed by atoms with Gasteiger partial charge in [-0.3, -0.25) is 4.90 Å². The van der Waals surface area contributed by atoms with E-state index >= 15 is 0 Å². The van der Waals surface area contributed by atoms with E-state index in [9.17, 15) is 5.11 Å². The summed E-state index contributed by atoms with van der Waals surface area (Å²) in [5, 5.41) is 10.3. The molecule has 2 unspecified atom stereocenters. The second-order valence-electron chi connectivity index (χ2n) is 5.48. The minimum absolute atomic E-state index is 0.259. The van der Waals surface area contributed by atoms with Crippen molar-refractivity contribution >= 4 is 11.6 Å². The third-order valence-electron chi connectivity index (χ3n) is 3.30. The molecule has 0 saturated carbocycles. The predicted octanol–water partition coefficient (Wildman–Crippen LogP) is 0.935. The number of aromatic nitrogens is 2. The van der Waals surface area contributed by atoms with Gasteiger partial charge in [-0.25, -0.2) is 9.97 Å². The van der Waals surface area contributed by atoms with E-state index in [0.717, 1.165) is 24.5 Å². The molecule has 106 valence electrons. The van der Waals surface area contributed by atoms with E-state index in [1.807, 2.05) is 21.0 Å². The van der Waals surface area contributed by atoms with Crippen molar-refractivity contribution in [3.05, 3.63) is 22.7 Å². The van der Waals surface area contributed by atoms with E-state index in [1.54, 1.807) is 6.07 Å². The van der Waals surface area contributed by atoms with Gasteiger partial charge in [-0.2, -0.15) is 0 Å². The van der Waals surface area contributed by atoms with E-state index in [1.165, 1.54) is 0 Å². The van der Waals surface area contributed by atoms with Gasteiger partial charge in [0.1, 0.15) is 11.0 Å². The molecular weight excluding hydrogens is 264 g/mol. The number of likely N-dealkylation sites (N-methyl/N-ethyl adjacent to an activating group) is 1. The summed E-state index contributed by atoms with van der Waals surface area (Å²) in [7, 11) is 4.09. The Hall–Kier alpha value is -0.750. The average molecular weight is 285 g/mol. The maximum absolute atomic E-state index is 9.84. The van der Waals surface area contributed by atoms with Crippen molar-refractivity contribution in [2.45, 2.75) is 32.0 Å². The van der Waals surface area contributed by atoms with Crippen LogP contribution in [-0.4, -0.2) is 64.2 Å². The third-order valence-corrected chi connectivity index (χ3v) is 3.49. The van der Waals surface area contributed by atoms with Gasteiger partial charge in [0.2, 0.25) is 0 Å². The molecule has 0 amide bonds. The summed E-state index contributed by atoms with van der Waals surface area (Å²) in [4.78, 5) is 13.0. The normalized spacial score (nSPS) is 24.3. The monoisotopic (exact) mass is 284 g/mol. The summed E-state index contributed by atoms with van der Waals surface area (Å²) in [5.74, 6) is 0.725. The highest BCUT2D eigenvalue weighted by molar-refractivity contribution is 6.29. The number of hydrogen-bond acceptors (Lipinski definition) is 5. The number of rotatable bonds is 4. The van der Waals surface area contributed by atoms with Crippen molar-refractivity contribution in [1.29, 1.82) is 0 Å². The van der Waals surface area contributed by atoms with Gasteiger partial charge < -0.3 is 10.0 Å². The molecule has 5 nitrogen and oxygen atoms in total. The highest BCUT2D eigenvalue weighted by Gasteiger charge is 2.31. The van der Waals surface area contributed by atoms with Gasteiger partial charge in [0, 0.05) is 24.8 Å². The van der Waals surface area contributed by atoms with Crippen LogP contribution in [-0.2, 0) is 6.54 Å². The summed E-state index contributed by atoms with van der Waals surface area (Å²) in [6.07, 6.45) is 0.544. The average Bonchev–Trinajstić information content (AvgIpc) is 2.56. The summed E-state index contributed by atoms with van der Waals surface area (Å²) < 4.78 is 0. The highest BCUT2D eigenvalue weighted by atomic mass is 35.5. The largest absolute Gasteiger partial charge is 0.392 e. The lowest BCUT2D eigenvalue weighted by molar-refractivity contribution is 0.167. The number of β-amino-alcohol motifs (C(OH)–C–C–N with tert-alkyl or cyclic N) is 1. The summed E-state index contributed by atoms with van der Waals surface area (Å²) >= 11 is 5.96. The van der Waals surface area contributed by atoms with Crippen molar-refractivity contribution in [3.63, 3.8) is 0 Å². The molecule has 2 rings (SSSR count). The number of aliphatic hydroxyl groups is 1. The van der Waals surface area contributed by atoms with Crippen molar-refractivity contribution in [3.8, 4) is 0 Å². The van der Waals surface area contributed by atoms with Crippen molar-refractivity contribution < 1.29 is 5.11 Å². The van der Waals surface area contributed by atoms with Crippen LogP contribution in [0.2, 0.25) is 5.15 Å². The number of hydrogen-bond donors (Lipinski definition) is 1. The number of halogens is 1. The van der Waals surface area contributed by atoms with E-state index in [0.29, 0.717) is 24.3 Å². The lowest BCUT2D eigenvalue weighted by Gasteiger charge is -2.26. The molecule has 1 saturated heterocycles. The fourth-order valence-electron chi connectivity index (χ4n) is 2.60. The standard InChI is InChI=1S/C13H21ClN4O/c1-9-4-12(14)16-13(15-9)8-18-7-11(19)5-10(18)6-17(2)3/h4,10-11,19H,5-8H2,1-3H3. The zero-order valence-corrected chi connectivity index (χ0v) is 12.4. The quantitative estimate of drug-likeness (QED) is 0.834. The van der Waals surface area contributed by atoms with Crippen molar-refractivity contribution in [2.24, 2.45) is 0 Å². The zero-order chi connectivity index (χ0) is 14.0. The first-order valence-corrected chi connectivity index (χ1v) is 6.88. The summed E-state index contributed by atoms with van der Waals surface area (Å²) in [6.45, 7) is 4.15. The second kappa shape index (κ2) is 6.13. The Labute approximate surface area is 119 Å². The molecule has 0 spiro atoms. The van der Waals surface area contributed by atoms with Crippen LogP contribution in [0.5, 0.6) is 0 Å². The maximum atomic E-state index is 9.84. The Morgan fingerprint density at radius 1 is 1.47 bits per heavy atom. The molecule has 0 bridgehead atoms. The van der Waals surface area contributed by atoms with Gasteiger partial charge >= 0.3 is 0 Å². The van der Waals surface area contributed by atoms with E-state index in [2.05, 4.69) is 19.8 Å². The molecule has 1 aromatic rings. The van der Waals surface area contributed by atoms with E-state index < -0.39 is 0 Å². The number of aryl methyl sites for hydroxylation is 1. The molecule has 1 fully saturated rings. The molecule has 1 aliphatic rings. The lowest BCUT2D eigenvalue weighted by atomic mass is 10.2. The Kier molecular flexibility index (Phi) is 4.73. The second-order valence-corrected chi connectivity index (χ2v) is 5.87. The number of nitrogens with zero attached hydrogens (tertiary/aromatic N) is 4. The van der Waals surface area contributed by atoms with Crippen LogP contribution >= 0.6 is 11.6 Å². The Morgan fingerprint density at radius 2 is 2.21 bits per heavy atom. The van der Waals surface area contributed by atoms with Crippen molar-refractivity contribution in [2.75, 3.05) is 27.2 Å². The summed E-state index contributed by atoms with van der Waals surface area (Å²) in [6, 6.07) is 2.09. The molecule has 2 heterocycles. The molecule has 0 aliphatic carbocycles. The van der Waals surface area contributed by atoms with E-state index in [4.69, 9.17) is 11.6 Å². The molecule has 19 heavy (non-hydrogen) atoms. The molecule has 0 radical (unpaired) electrons. The Bertz CT molecular complexity index is 420. The fraction of sp³-hybridized carbons (Fsp3) is 0.692. The lowest BCUT2D eigenvalue weighted by Crippen LogP contribution is -2.37. The maximum Gasteiger partial charge on any atom is 0.144 e. The van der Waals surface area contributed by atoms with Gasteiger partial charge in [0.25, 0.3) is 0 Å². The summed E-state index contributed by atoms with van der Waals surface area (Å²) in [5.41, 5.74) is 0.874. The molecule has 1 aliphatic heterocycles. The van der Waals surface area contributed by atoms with Crippen LogP contribution in [0.3, 0.4) is 0 Å². The Balaban J connectivity index is 2.07. The number of likely N-dealkylation sites (tertiary alicyclic amines) is 1. The molecule has 6 heteroatoms. The number of aliphatic hydroxyl groups excluding tert-OH is 1. The molecule has 1 N–H and O–H groups in total. The van der Waals surface area contributed by atoms with Gasteiger partial charge in [0.15, 0.2) is 0 Å². The molecule has 0 aromatic carbocycles. The molecular formula is C13H21ClN4O. The smallest absolute Gasteiger partial charge is 0.144 e. The SMILES string of the molecule is Cc1cc(Cl)nc(CN2CC(O)CC2CN(C)C)n1. The Morgan fingerprint density at radius 3 is 2.84 bits per heavy atom. The first kappa shape index (κ1) is 14.7. The van der Waals surface area contributed by atoms with Gasteiger partial charge in [-0.1, -0.05) is 11.6 Å². The minimum atomic E-state index is -0.259. The highest BCUT2D eigenvalue weighted by Crippen LogP contribution is 2.20. The predicted molar refractivity (Wildman–Crippen MR) is 75.2 cm³/mol. The van der Waals surface area contributed by atoms with Crippen LogP contribution in [0.4, 0.5) is 0 Å². The zero-order valence-electron chi connectivity index (χ0n) is 11.7. The molecule has 2 atom stereocenters. The topological polar surface area (TPSA) is 52.5 Å². The van der Waals surface area contributed by atoms with Crippen LogP contribution in [0.1, 0.15) is 17.9 Å². The first-order chi connectivity index (χ1) is 8.94. The van der Waals surface area contributed by atoms with Crippen LogP contribution < -0.4 is 0 Å². The van der Waals surface area contributed by atoms with Gasteiger partial charge in [-0.15, -0.1) is 0 Å². The third kappa shape index (κ3) is 4.11. The van der Waals surface area contributed by atoms with Crippen LogP contribution in [0, 0.1) is 6.92 Å². The van der Waals surface area contributed by atoms with Gasteiger partial charge in [0.05, 0.1) is 12.6 Å².